The molecule has 0 saturated heterocycles. The first-order valence-corrected chi connectivity index (χ1v) is 6.48. The summed E-state index contributed by atoms with van der Waals surface area (Å²) in [4.78, 5) is 32.4. The highest BCUT2D eigenvalue weighted by Gasteiger charge is 2.20. The summed E-state index contributed by atoms with van der Waals surface area (Å²) >= 11 is 0. The number of hydrogen-bond donors (Lipinski definition) is 2. The summed E-state index contributed by atoms with van der Waals surface area (Å²) in [5.74, 6) is -0.279. The summed E-state index contributed by atoms with van der Waals surface area (Å²) in [5, 5.41) is 11.5. The first-order chi connectivity index (χ1) is 9.43. The van der Waals surface area contributed by atoms with Gasteiger partial charge in [-0.1, -0.05) is 0 Å². The first kappa shape index (κ1) is 15.9. The fraction of sp³-hybridized carbons (Fsp3) is 0.538. The molecule has 0 aromatic carbocycles. The van der Waals surface area contributed by atoms with Crippen LogP contribution in [0.1, 0.15) is 31.8 Å². The largest absolute Gasteiger partial charge is 0.481 e. The Balaban J connectivity index is 2.57. The van der Waals surface area contributed by atoms with Gasteiger partial charge in [0.1, 0.15) is 5.82 Å². The maximum absolute atomic E-state index is 12.0. The maximum Gasteiger partial charge on any atom is 0.317 e. The van der Waals surface area contributed by atoms with Crippen molar-refractivity contribution in [2.75, 3.05) is 6.54 Å². The highest BCUT2D eigenvalue weighted by molar-refractivity contribution is 5.75. The summed E-state index contributed by atoms with van der Waals surface area (Å²) < 4.78 is 0. The smallest absolute Gasteiger partial charge is 0.317 e. The minimum atomic E-state index is -0.921. The number of aryl methyl sites for hydroxylation is 1. The maximum atomic E-state index is 12.0. The molecule has 0 aliphatic carbocycles. The molecule has 1 atom stereocenters. The van der Waals surface area contributed by atoms with Gasteiger partial charge in [0, 0.05) is 18.8 Å². The summed E-state index contributed by atoms with van der Waals surface area (Å²) in [5.41, 5.74) is 0.716. The second kappa shape index (κ2) is 7.42. The third-order valence-electron chi connectivity index (χ3n) is 2.86. The summed E-state index contributed by atoms with van der Waals surface area (Å²) in [7, 11) is 0. The molecule has 1 unspecified atom stereocenters. The number of nitrogens with zero attached hydrogens (tertiary/aromatic N) is 3. The van der Waals surface area contributed by atoms with Crippen LogP contribution in [-0.2, 0) is 11.3 Å². The lowest BCUT2D eigenvalue weighted by molar-refractivity contribution is -0.138. The van der Waals surface area contributed by atoms with E-state index in [1.54, 1.807) is 26.1 Å². The topological polar surface area (TPSA) is 95.4 Å². The Morgan fingerprint density at radius 3 is 2.75 bits per heavy atom. The third kappa shape index (κ3) is 4.83. The fourth-order valence-electron chi connectivity index (χ4n) is 1.89. The van der Waals surface area contributed by atoms with Crippen molar-refractivity contribution < 1.29 is 14.7 Å². The highest BCUT2D eigenvalue weighted by Crippen LogP contribution is 2.05. The van der Waals surface area contributed by atoms with Gasteiger partial charge in [-0.2, -0.15) is 0 Å². The second-order valence-electron chi connectivity index (χ2n) is 4.49. The average Bonchev–Trinajstić information content (AvgIpc) is 2.36. The first-order valence-electron chi connectivity index (χ1n) is 6.48. The predicted molar refractivity (Wildman–Crippen MR) is 73.1 cm³/mol. The SMILES string of the molecule is CCN(C(=O)NCc1ccnc(C)n1)C(C)CC(=O)O. The van der Waals surface area contributed by atoms with Crippen LogP contribution in [0, 0.1) is 6.92 Å². The van der Waals surface area contributed by atoms with Gasteiger partial charge < -0.3 is 15.3 Å². The van der Waals surface area contributed by atoms with Gasteiger partial charge in [-0.05, 0) is 26.8 Å². The van der Waals surface area contributed by atoms with Crippen LogP contribution in [0.3, 0.4) is 0 Å². The number of amides is 2. The average molecular weight is 280 g/mol. The standard InChI is InChI=1S/C13H20N4O3/c1-4-17(9(2)7-12(18)19)13(20)15-8-11-5-6-14-10(3)16-11/h5-6,9H,4,7-8H2,1-3H3,(H,15,20)(H,18,19). The van der Waals surface area contributed by atoms with Crippen LogP contribution in [0.4, 0.5) is 4.79 Å². The Morgan fingerprint density at radius 2 is 2.20 bits per heavy atom. The number of carbonyl (C=O) groups excluding carboxylic acids is 1. The number of nitrogens with one attached hydrogen (secondary N) is 1. The zero-order chi connectivity index (χ0) is 15.1. The molecule has 0 radical (unpaired) electrons. The van der Waals surface area contributed by atoms with Crippen molar-refractivity contribution in [3.8, 4) is 0 Å². The van der Waals surface area contributed by atoms with Crippen LogP contribution >= 0.6 is 0 Å². The lowest BCUT2D eigenvalue weighted by Gasteiger charge is -2.27. The van der Waals surface area contributed by atoms with E-state index in [1.165, 1.54) is 4.90 Å². The van der Waals surface area contributed by atoms with E-state index in [0.29, 0.717) is 24.6 Å². The lowest BCUT2D eigenvalue weighted by atomic mass is 10.2. The van der Waals surface area contributed by atoms with Gasteiger partial charge in [-0.3, -0.25) is 4.79 Å². The third-order valence-corrected chi connectivity index (χ3v) is 2.86. The summed E-state index contributed by atoms with van der Waals surface area (Å²) in [6.45, 7) is 6.04. The van der Waals surface area contributed by atoms with Crippen molar-refractivity contribution in [1.29, 1.82) is 0 Å². The van der Waals surface area contributed by atoms with E-state index in [1.807, 2.05) is 6.92 Å². The molecule has 2 N–H and O–H groups in total. The van der Waals surface area contributed by atoms with Crippen molar-refractivity contribution in [3.05, 3.63) is 23.8 Å². The van der Waals surface area contributed by atoms with Crippen LogP contribution in [-0.4, -0.2) is 44.6 Å². The van der Waals surface area contributed by atoms with E-state index >= 15 is 0 Å². The fourth-order valence-corrected chi connectivity index (χ4v) is 1.89. The molecule has 0 fully saturated rings. The molecule has 7 nitrogen and oxygen atoms in total. The monoisotopic (exact) mass is 280 g/mol. The van der Waals surface area contributed by atoms with Crippen molar-refractivity contribution in [2.24, 2.45) is 0 Å². The molecule has 0 saturated carbocycles. The molecule has 0 aliphatic rings. The number of urea groups is 1. The Kier molecular flexibility index (Phi) is 5.89. The molecule has 2 amide bonds. The highest BCUT2D eigenvalue weighted by atomic mass is 16.4. The minimum absolute atomic E-state index is 0.0755. The molecule has 110 valence electrons. The van der Waals surface area contributed by atoms with Crippen LogP contribution in [0.5, 0.6) is 0 Å². The summed E-state index contributed by atoms with van der Waals surface area (Å²) in [6.07, 6.45) is 1.56. The quantitative estimate of drug-likeness (QED) is 0.815. The van der Waals surface area contributed by atoms with Crippen molar-refractivity contribution >= 4 is 12.0 Å². The van der Waals surface area contributed by atoms with E-state index in [2.05, 4.69) is 15.3 Å². The Bertz CT molecular complexity index is 478. The molecule has 1 aromatic heterocycles. The van der Waals surface area contributed by atoms with E-state index in [4.69, 9.17) is 5.11 Å². The number of aromatic nitrogens is 2. The number of hydrogen-bond acceptors (Lipinski definition) is 4. The molecule has 1 rings (SSSR count). The van der Waals surface area contributed by atoms with Gasteiger partial charge in [0.2, 0.25) is 0 Å². The zero-order valence-electron chi connectivity index (χ0n) is 12.0. The molecule has 1 aromatic rings. The van der Waals surface area contributed by atoms with Crippen molar-refractivity contribution in [2.45, 2.75) is 39.8 Å². The number of carboxylic acids is 1. The molecular weight excluding hydrogens is 260 g/mol. The molecule has 0 aliphatic heterocycles. The number of rotatable bonds is 6. The molecule has 20 heavy (non-hydrogen) atoms. The zero-order valence-corrected chi connectivity index (χ0v) is 12.0. The number of carboxylic acid groups (broad SMARTS) is 1. The minimum Gasteiger partial charge on any atom is -0.481 e. The van der Waals surface area contributed by atoms with Gasteiger partial charge in [0.15, 0.2) is 0 Å². The molecule has 1 heterocycles. The van der Waals surface area contributed by atoms with Crippen LogP contribution < -0.4 is 5.32 Å². The van der Waals surface area contributed by atoms with Gasteiger partial charge in [0.25, 0.3) is 0 Å². The lowest BCUT2D eigenvalue weighted by Crippen LogP contribution is -2.45. The van der Waals surface area contributed by atoms with E-state index in [0.717, 1.165) is 0 Å². The molecule has 7 heteroatoms. The summed E-state index contributed by atoms with van der Waals surface area (Å²) in [6, 6.07) is 1.08. The predicted octanol–water partition coefficient (Wildman–Crippen LogP) is 1.18. The van der Waals surface area contributed by atoms with Crippen molar-refractivity contribution in [3.63, 3.8) is 0 Å². The van der Waals surface area contributed by atoms with E-state index in [-0.39, 0.29) is 18.5 Å². The van der Waals surface area contributed by atoms with Gasteiger partial charge >= 0.3 is 12.0 Å². The van der Waals surface area contributed by atoms with Crippen molar-refractivity contribution in [1.82, 2.24) is 20.2 Å². The van der Waals surface area contributed by atoms with Gasteiger partial charge in [-0.25, -0.2) is 14.8 Å². The second-order valence-corrected chi connectivity index (χ2v) is 4.49. The Hall–Kier alpha value is -2.18. The molecular formula is C13H20N4O3. The number of carbonyl (C=O) groups is 2. The number of aliphatic carboxylic acids is 1. The Morgan fingerprint density at radius 1 is 1.50 bits per heavy atom. The van der Waals surface area contributed by atoms with E-state index < -0.39 is 5.97 Å². The van der Waals surface area contributed by atoms with Gasteiger partial charge in [-0.15, -0.1) is 0 Å². The van der Waals surface area contributed by atoms with Crippen LogP contribution in [0.25, 0.3) is 0 Å². The normalized spacial score (nSPS) is 11.8. The van der Waals surface area contributed by atoms with Gasteiger partial charge in [0.05, 0.1) is 18.7 Å². The molecule has 0 bridgehead atoms. The Labute approximate surface area is 118 Å². The van der Waals surface area contributed by atoms with Crippen LogP contribution in [0.2, 0.25) is 0 Å². The van der Waals surface area contributed by atoms with Crippen LogP contribution in [0.15, 0.2) is 12.3 Å². The molecule has 0 spiro atoms. The van der Waals surface area contributed by atoms with E-state index in [9.17, 15) is 9.59 Å².